The molecule has 0 saturated heterocycles. The highest BCUT2D eigenvalue weighted by atomic mass is 35.5. The highest BCUT2D eigenvalue weighted by Gasteiger charge is 2.12. The normalized spacial score (nSPS) is 10.6. The van der Waals surface area contributed by atoms with E-state index in [0.717, 1.165) is 21.3 Å². The van der Waals surface area contributed by atoms with Crippen molar-refractivity contribution in [3.05, 3.63) is 52.0 Å². The molecule has 112 valence electrons. The Morgan fingerprint density at radius 2 is 2.09 bits per heavy atom. The summed E-state index contributed by atoms with van der Waals surface area (Å²) in [5.74, 6) is 0.136. The van der Waals surface area contributed by atoms with Crippen LogP contribution in [0.15, 0.2) is 35.7 Å². The maximum atomic E-state index is 11.8. The molecule has 1 aromatic carbocycles. The third-order valence-corrected chi connectivity index (χ3v) is 4.46. The lowest BCUT2D eigenvalue weighted by Gasteiger charge is -2.06. The van der Waals surface area contributed by atoms with Gasteiger partial charge in [-0.2, -0.15) is 4.98 Å². The van der Waals surface area contributed by atoms with Gasteiger partial charge < -0.3 is 4.74 Å². The summed E-state index contributed by atoms with van der Waals surface area (Å²) in [5.41, 5.74) is 2.63. The van der Waals surface area contributed by atoms with Crippen LogP contribution in [0.2, 0.25) is 5.15 Å². The fourth-order valence-electron chi connectivity index (χ4n) is 1.90. The fraction of sp³-hybridized carbons (Fsp3) is 0.133. The minimum Gasteiger partial charge on any atom is -0.444 e. The Morgan fingerprint density at radius 1 is 1.32 bits per heavy atom. The smallest absolute Gasteiger partial charge is 0.414 e. The van der Waals surface area contributed by atoms with Gasteiger partial charge in [-0.3, -0.25) is 5.32 Å². The van der Waals surface area contributed by atoms with E-state index in [1.807, 2.05) is 42.6 Å². The number of hydrogen-bond donors (Lipinski definition) is 1. The summed E-state index contributed by atoms with van der Waals surface area (Å²) >= 11 is 7.57. The zero-order chi connectivity index (χ0) is 15.5. The number of carbonyl (C=O) groups excluding carboxylic acids is 1. The average molecular weight is 334 g/mol. The number of halogens is 1. The molecule has 0 fully saturated rings. The number of ether oxygens (including phenoxy) is 1. The van der Waals surface area contributed by atoms with Gasteiger partial charge >= 0.3 is 6.09 Å². The molecule has 0 spiro atoms. The van der Waals surface area contributed by atoms with Gasteiger partial charge in [0.05, 0.1) is 10.2 Å². The number of anilines is 1. The van der Waals surface area contributed by atoms with Crippen LogP contribution in [-0.4, -0.2) is 16.1 Å². The van der Waals surface area contributed by atoms with E-state index in [1.54, 1.807) is 0 Å². The topological polar surface area (TPSA) is 64.1 Å². The van der Waals surface area contributed by atoms with Gasteiger partial charge in [0.1, 0.15) is 6.61 Å². The van der Waals surface area contributed by atoms with E-state index in [4.69, 9.17) is 16.3 Å². The van der Waals surface area contributed by atoms with Crippen molar-refractivity contribution in [2.24, 2.45) is 0 Å². The number of rotatable bonds is 3. The van der Waals surface area contributed by atoms with Crippen LogP contribution in [0.1, 0.15) is 11.1 Å². The first-order valence-corrected chi connectivity index (χ1v) is 7.78. The lowest BCUT2D eigenvalue weighted by Crippen LogP contribution is -2.15. The molecule has 1 N–H and O–H groups in total. The molecule has 0 atom stereocenters. The van der Waals surface area contributed by atoms with Gasteiger partial charge in [-0.25, -0.2) is 9.78 Å². The van der Waals surface area contributed by atoms with Gasteiger partial charge in [-0.15, -0.1) is 11.3 Å². The van der Waals surface area contributed by atoms with Gasteiger partial charge in [0, 0.05) is 0 Å². The summed E-state index contributed by atoms with van der Waals surface area (Å²) in [6.07, 6.45) is -0.618. The molecule has 5 nitrogen and oxygen atoms in total. The van der Waals surface area contributed by atoms with Crippen LogP contribution >= 0.6 is 22.9 Å². The van der Waals surface area contributed by atoms with Gasteiger partial charge in [0.2, 0.25) is 5.95 Å². The van der Waals surface area contributed by atoms with Crippen LogP contribution in [0.5, 0.6) is 0 Å². The summed E-state index contributed by atoms with van der Waals surface area (Å²) in [5, 5.41) is 4.77. The Morgan fingerprint density at radius 3 is 2.86 bits per heavy atom. The van der Waals surface area contributed by atoms with Gasteiger partial charge in [-0.1, -0.05) is 41.9 Å². The van der Waals surface area contributed by atoms with E-state index >= 15 is 0 Å². The third-order valence-electron chi connectivity index (χ3n) is 2.98. The summed E-state index contributed by atoms with van der Waals surface area (Å²) < 4.78 is 5.93. The Kier molecular flexibility index (Phi) is 4.22. The van der Waals surface area contributed by atoms with E-state index in [9.17, 15) is 4.79 Å². The van der Waals surface area contributed by atoms with Crippen molar-refractivity contribution in [3.63, 3.8) is 0 Å². The van der Waals surface area contributed by atoms with Gasteiger partial charge in [0.25, 0.3) is 0 Å². The zero-order valence-electron chi connectivity index (χ0n) is 11.7. The molecule has 0 aliphatic rings. The molecule has 0 aliphatic heterocycles. The van der Waals surface area contributed by atoms with E-state index < -0.39 is 6.09 Å². The summed E-state index contributed by atoms with van der Waals surface area (Å²) in [7, 11) is 0. The number of nitrogens with one attached hydrogen (secondary N) is 1. The van der Waals surface area contributed by atoms with Gasteiger partial charge in [-0.05, 0) is 23.4 Å². The largest absolute Gasteiger partial charge is 0.444 e. The number of amides is 1. The summed E-state index contributed by atoms with van der Waals surface area (Å²) in [4.78, 5) is 20.2. The van der Waals surface area contributed by atoms with Crippen molar-refractivity contribution in [1.29, 1.82) is 0 Å². The van der Waals surface area contributed by atoms with Crippen LogP contribution in [0, 0.1) is 6.92 Å². The first kappa shape index (κ1) is 14.7. The second-order valence-electron chi connectivity index (χ2n) is 4.62. The van der Waals surface area contributed by atoms with E-state index in [0.29, 0.717) is 5.15 Å². The second kappa shape index (κ2) is 6.29. The number of nitrogens with zero attached hydrogens (tertiary/aromatic N) is 2. The predicted octanol–water partition coefficient (Wildman–Crippen LogP) is 4.40. The first-order valence-electron chi connectivity index (χ1n) is 6.52. The van der Waals surface area contributed by atoms with Crippen LogP contribution in [0.25, 0.3) is 10.2 Å². The molecule has 3 rings (SSSR count). The van der Waals surface area contributed by atoms with Crippen molar-refractivity contribution in [2.45, 2.75) is 13.5 Å². The molecule has 3 aromatic rings. The number of aryl methyl sites for hydroxylation is 1. The number of benzene rings is 1. The first-order chi connectivity index (χ1) is 10.6. The number of aromatic nitrogens is 2. The molecular formula is C15H12ClN3O2S. The maximum Gasteiger partial charge on any atom is 0.414 e. The standard InChI is InChI=1S/C15H12ClN3O2S/c1-9-8-22-12-11(9)17-14(18-13(12)16)19-15(20)21-7-10-5-3-2-4-6-10/h2-6,8H,7H2,1H3,(H,17,18,19,20). The molecule has 2 aromatic heterocycles. The minimum atomic E-state index is -0.618. The Balaban J connectivity index is 1.70. The Labute approximate surface area is 135 Å². The van der Waals surface area contributed by atoms with E-state index in [2.05, 4.69) is 15.3 Å². The van der Waals surface area contributed by atoms with Crippen molar-refractivity contribution < 1.29 is 9.53 Å². The molecule has 0 bridgehead atoms. The molecule has 0 saturated carbocycles. The highest BCUT2D eigenvalue weighted by Crippen LogP contribution is 2.30. The fourth-order valence-corrected chi connectivity index (χ4v) is 3.07. The van der Waals surface area contributed by atoms with E-state index in [-0.39, 0.29) is 12.6 Å². The molecule has 0 radical (unpaired) electrons. The molecule has 22 heavy (non-hydrogen) atoms. The zero-order valence-corrected chi connectivity index (χ0v) is 13.2. The average Bonchev–Trinajstić information content (AvgIpc) is 2.88. The Hall–Kier alpha value is -2.18. The number of fused-ring (bicyclic) bond motifs is 1. The second-order valence-corrected chi connectivity index (χ2v) is 5.86. The van der Waals surface area contributed by atoms with E-state index in [1.165, 1.54) is 11.3 Å². The number of thiophene rings is 1. The molecule has 7 heteroatoms. The van der Waals surface area contributed by atoms with Crippen molar-refractivity contribution in [2.75, 3.05) is 5.32 Å². The maximum absolute atomic E-state index is 11.8. The number of carbonyl (C=O) groups is 1. The lowest BCUT2D eigenvalue weighted by atomic mass is 10.2. The SMILES string of the molecule is Cc1csc2c(Cl)nc(NC(=O)OCc3ccccc3)nc12. The third kappa shape index (κ3) is 3.18. The van der Waals surface area contributed by atoms with Crippen LogP contribution in [0.3, 0.4) is 0 Å². The molecule has 0 unspecified atom stereocenters. The molecule has 2 heterocycles. The monoisotopic (exact) mass is 333 g/mol. The van der Waals surface area contributed by atoms with Crippen LogP contribution < -0.4 is 5.32 Å². The molecular weight excluding hydrogens is 322 g/mol. The molecule has 0 aliphatic carbocycles. The quantitative estimate of drug-likeness (QED) is 0.721. The van der Waals surface area contributed by atoms with Crippen LogP contribution in [-0.2, 0) is 11.3 Å². The van der Waals surface area contributed by atoms with Crippen molar-refractivity contribution in [1.82, 2.24) is 9.97 Å². The Bertz CT molecular complexity index is 820. The molecule has 1 amide bonds. The van der Waals surface area contributed by atoms with Crippen LogP contribution in [0.4, 0.5) is 10.7 Å². The van der Waals surface area contributed by atoms with Crippen molar-refractivity contribution in [3.8, 4) is 0 Å². The predicted molar refractivity (Wildman–Crippen MR) is 87.4 cm³/mol. The summed E-state index contributed by atoms with van der Waals surface area (Å²) in [6.45, 7) is 2.11. The highest BCUT2D eigenvalue weighted by molar-refractivity contribution is 7.18. The number of hydrogen-bond acceptors (Lipinski definition) is 5. The lowest BCUT2D eigenvalue weighted by molar-refractivity contribution is 0.155. The minimum absolute atomic E-state index is 0.136. The van der Waals surface area contributed by atoms with Crippen molar-refractivity contribution >= 4 is 45.2 Å². The van der Waals surface area contributed by atoms with Gasteiger partial charge in [0.15, 0.2) is 5.15 Å². The summed E-state index contributed by atoms with van der Waals surface area (Å²) in [6, 6.07) is 9.42.